The quantitative estimate of drug-likeness (QED) is 0.525. The van der Waals surface area contributed by atoms with Crippen molar-refractivity contribution in [2.75, 3.05) is 6.61 Å². The minimum Gasteiger partial charge on any atom is -0.487 e. The molecule has 2 atom stereocenters. The second-order valence-electron chi connectivity index (χ2n) is 8.83. The maximum absolute atomic E-state index is 10.6. The highest BCUT2D eigenvalue weighted by molar-refractivity contribution is 5.68. The molecule has 2 unspecified atom stereocenters. The third-order valence-corrected chi connectivity index (χ3v) is 5.55. The van der Waals surface area contributed by atoms with Gasteiger partial charge in [-0.2, -0.15) is 0 Å². The van der Waals surface area contributed by atoms with Crippen molar-refractivity contribution >= 4 is 5.97 Å². The highest BCUT2D eigenvalue weighted by atomic mass is 16.5. The van der Waals surface area contributed by atoms with Crippen molar-refractivity contribution in [3.8, 4) is 11.5 Å². The van der Waals surface area contributed by atoms with E-state index in [1.54, 1.807) is 6.07 Å². The van der Waals surface area contributed by atoms with Crippen LogP contribution in [0.4, 0.5) is 0 Å². The van der Waals surface area contributed by atoms with Crippen molar-refractivity contribution in [3.63, 3.8) is 0 Å². The average molecular weight is 377 g/mol. The molecule has 27 heavy (non-hydrogen) atoms. The monoisotopic (exact) mass is 376 g/mol. The molecule has 0 radical (unpaired) electrons. The standard InChI is InChI=1S/C23H36O4/c1-17(2)7-5-8-18(3)9-6-13-23(4)14-12-19-15-20(26-16-22(24)25)10-11-21(19)27-23/h10-11,15,17-18H,5-9,12-14,16H2,1-4H3,(H,24,25). The van der Waals surface area contributed by atoms with Crippen molar-refractivity contribution in [3.05, 3.63) is 23.8 Å². The van der Waals surface area contributed by atoms with Crippen LogP contribution in [0.2, 0.25) is 0 Å². The Labute approximate surface area is 164 Å². The maximum atomic E-state index is 10.6. The Hall–Kier alpha value is -1.71. The SMILES string of the molecule is CC(C)CCCC(C)CCCC1(C)CCc2cc(OCC(=O)O)ccc2O1. The third-order valence-electron chi connectivity index (χ3n) is 5.55. The Morgan fingerprint density at radius 3 is 2.67 bits per heavy atom. The first kappa shape index (κ1) is 21.6. The number of carboxylic acid groups (broad SMARTS) is 1. The van der Waals surface area contributed by atoms with Gasteiger partial charge >= 0.3 is 5.97 Å². The maximum Gasteiger partial charge on any atom is 0.341 e. The molecule has 1 N–H and O–H groups in total. The van der Waals surface area contributed by atoms with Gasteiger partial charge in [-0.1, -0.05) is 46.5 Å². The molecule has 0 saturated heterocycles. The molecule has 0 spiro atoms. The van der Waals surface area contributed by atoms with Gasteiger partial charge in [0.15, 0.2) is 6.61 Å². The Bertz CT molecular complexity index is 610. The zero-order valence-corrected chi connectivity index (χ0v) is 17.4. The van der Waals surface area contributed by atoms with Gasteiger partial charge in [0.2, 0.25) is 0 Å². The Balaban J connectivity index is 1.79. The largest absolute Gasteiger partial charge is 0.487 e. The molecule has 0 bridgehead atoms. The fourth-order valence-corrected chi connectivity index (χ4v) is 3.82. The molecule has 0 amide bonds. The third kappa shape index (κ3) is 7.43. The number of ether oxygens (including phenoxy) is 2. The first-order valence-electron chi connectivity index (χ1n) is 10.4. The summed E-state index contributed by atoms with van der Waals surface area (Å²) < 4.78 is 11.6. The lowest BCUT2D eigenvalue weighted by atomic mass is 9.86. The van der Waals surface area contributed by atoms with Gasteiger partial charge in [-0.3, -0.25) is 0 Å². The number of carbonyl (C=O) groups is 1. The minimum absolute atomic E-state index is 0.103. The number of benzene rings is 1. The first-order valence-corrected chi connectivity index (χ1v) is 10.4. The summed E-state index contributed by atoms with van der Waals surface area (Å²) in [5.41, 5.74) is 1.01. The number of hydrogen-bond acceptors (Lipinski definition) is 3. The molecule has 4 heteroatoms. The lowest BCUT2D eigenvalue weighted by Gasteiger charge is -2.36. The van der Waals surface area contributed by atoms with Gasteiger partial charge in [0.25, 0.3) is 0 Å². The molecular weight excluding hydrogens is 340 g/mol. The summed E-state index contributed by atoms with van der Waals surface area (Å²) in [5, 5.41) is 8.73. The van der Waals surface area contributed by atoms with Crippen LogP contribution < -0.4 is 9.47 Å². The summed E-state index contributed by atoms with van der Waals surface area (Å²) in [6, 6.07) is 5.62. The lowest BCUT2D eigenvalue weighted by molar-refractivity contribution is -0.139. The van der Waals surface area contributed by atoms with Gasteiger partial charge in [-0.05, 0) is 68.2 Å². The van der Waals surface area contributed by atoms with Gasteiger partial charge in [0.1, 0.15) is 17.1 Å². The second kappa shape index (κ2) is 10.0. The molecule has 2 rings (SSSR count). The Morgan fingerprint density at radius 2 is 1.96 bits per heavy atom. The number of carboxylic acids is 1. The summed E-state index contributed by atoms with van der Waals surface area (Å²) in [6.07, 6.45) is 9.49. The molecular formula is C23H36O4. The van der Waals surface area contributed by atoms with E-state index >= 15 is 0 Å². The van der Waals surface area contributed by atoms with Gasteiger partial charge in [0, 0.05) is 0 Å². The van der Waals surface area contributed by atoms with Crippen LogP contribution in [0.5, 0.6) is 11.5 Å². The van der Waals surface area contributed by atoms with Crippen molar-refractivity contribution < 1.29 is 19.4 Å². The van der Waals surface area contributed by atoms with Crippen molar-refractivity contribution in [2.24, 2.45) is 11.8 Å². The predicted molar refractivity (Wildman–Crippen MR) is 109 cm³/mol. The summed E-state index contributed by atoms with van der Waals surface area (Å²) in [6.45, 7) is 8.87. The Kier molecular flexibility index (Phi) is 8.00. The number of aliphatic carboxylic acids is 1. The second-order valence-corrected chi connectivity index (χ2v) is 8.83. The van der Waals surface area contributed by atoms with Crippen LogP contribution in [0, 0.1) is 11.8 Å². The summed E-state index contributed by atoms with van der Waals surface area (Å²) in [7, 11) is 0. The highest BCUT2D eigenvalue weighted by Gasteiger charge is 2.31. The van der Waals surface area contributed by atoms with Crippen LogP contribution in [0.1, 0.15) is 78.2 Å². The van der Waals surface area contributed by atoms with E-state index in [1.807, 2.05) is 12.1 Å². The van der Waals surface area contributed by atoms with Gasteiger partial charge in [-0.25, -0.2) is 4.79 Å². The molecule has 152 valence electrons. The molecule has 0 fully saturated rings. The molecule has 0 aliphatic carbocycles. The van der Waals surface area contributed by atoms with Crippen molar-refractivity contribution in [1.82, 2.24) is 0 Å². The smallest absolute Gasteiger partial charge is 0.341 e. The normalized spacial score (nSPS) is 20.0. The van der Waals surface area contributed by atoms with Gasteiger partial charge in [-0.15, -0.1) is 0 Å². The van der Waals surface area contributed by atoms with Crippen LogP contribution in [-0.2, 0) is 11.2 Å². The van der Waals surface area contributed by atoms with Crippen LogP contribution in [0.25, 0.3) is 0 Å². The van der Waals surface area contributed by atoms with Crippen molar-refractivity contribution in [2.45, 2.75) is 84.7 Å². The predicted octanol–water partition coefficient (Wildman–Crippen LogP) is 5.87. The van der Waals surface area contributed by atoms with Crippen LogP contribution >= 0.6 is 0 Å². The molecule has 4 nitrogen and oxygen atoms in total. The van der Waals surface area contributed by atoms with E-state index < -0.39 is 5.97 Å². The zero-order chi connectivity index (χ0) is 19.9. The van der Waals surface area contributed by atoms with E-state index in [0.717, 1.165) is 42.4 Å². The fraction of sp³-hybridized carbons (Fsp3) is 0.696. The van der Waals surface area contributed by atoms with Gasteiger partial charge < -0.3 is 14.6 Å². The molecule has 0 aromatic heterocycles. The topological polar surface area (TPSA) is 55.8 Å². The number of fused-ring (bicyclic) bond motifs is 1. The van der Waals surface area contributed by atoms with E-state index in [9.17, 15) is 4.79 Å². The molecule has 1 aromatic rings. The molecule has 1 aromatic carbocycles. The van der Waals surface area contributed by atoms with E-state index in [0.29, 0.717) is 5.75 Å². The first-order chi connectivity index (χ1) is 12.8. The molecule has 1 aliphatic heterocycles. The van der Waals surface area contributed by atoms with E-state index in [4.69, 9.17) is 14.6 Å². The zero-order valence-electron chi connectivity index (χ0n) is 17.4. The molecule has 0 saturated carbocycles. The average Bonchev–Trinajstić information content (AvgIpc) is 2.59. The molecule has 1 aliphatic rings. The summed E-state index contributed by atoms with van der Waals surface area (Å²) in [5.74, 6) is 2.14. The molecule has 1 heterocycles. The number of rotatable bonds is 11. The van der Waals surface area contributed by atoms with E-state index in [1.165, 1.54) is 32.1 Å². The number of aryl methyl sites for hydroxylation is 1. The van der Waals surface area contributed by atoms with E-state index in [2.05, 4.69) is 27.7 Å². The summed E-state index contributed by atoms with van der Waals surface area (Å²) in [4.78, 5) is 10.6. The van der Waals surface area contributed by atoms with Crippen LogP contribution in [0.3, 0.4) is 0 Å². The van der Waals surface area contributed by atoms with Crippen LogP contribution in [0.15, 0.2) is 18.2 Å². The highest BCUT2D eigenvalue weighted by Crippen LogP contribution is 2.38. The summed E-state index contributed by atoms with van der Waals surface area (Å²) >= 11 is 0. The van der Waals surface area contributed by atoms with Gasteiger partial charge in [0.05, 0.1) is 0 Å². The lowest BCUT2D eigenvalue weighted by Crippen LogP contribution is -2.36. The van der Waals surface area contributed by atoms with Crippen molar-refractivity contribution in [1.29, 1.82) is 0 Å². The van der Waals surface area contributed by atoms with Crippen LogP contribution in [-0.4, -0.2) is 23.3 Å². The van der Waals surface area contributed by atoms with E-state index in [-0.39, 0.29) is 12.2 Å². The minimum atomic E-state index is -0.963. The number of hydrogen-bond donors (Lipinski definition) is 1. The Morgan fingerprint density at radius 1 is 1.22 bits per heavy atom. The fourth-order valence-electron chi connectivity index (χ4n) is 3.82.